The minimum Gasteiger partial charge on any atom is -0.361 e. The Morgan fingerprint density at radius 1 is 1.24 bits per heavy atom. The SMILES string of the molecule is CC(Nc1nc(C(F)(F)F)ccc1C#N)c1ccccn1. The fourth-order valence-corrected chi connectivity index (χ4v) is 1.73. The van der Waals surface area contributed by atoms with Crippen LogP contribution in [0.5, 0.6) is 0 Å². The van der Waals surface area contributed by atoms with Crippen LogP contribution >= 0.6 is 0 Å². The maximum atomic E-state index is 12.7. The fraction of sp³-hybridized carbons (Fsp3) is 0.214. The van der Waals surface area contributed by atoms with Crippen LogP contribution in [-0.4, -0.2) is 9.97 Å². The number of alkyl halides is 3. The van der Waals surface area contributed by atoms with Gasteiger partial charge in [-0.1, -0.05) is 6.07 Å². The van der Waals surface area contributed by atoms with Crippen molar-refractivity contribution in [2.45, 2.75) is 19.1 Å². The molecule has 0 aliphatic rings. The summed E-state index contributed by atoms with van der Waals surface area (Å²) in [5.41, 5.74) is -0.358. The lowest BCUT2D eigenvalue weighted by molar-refractivity contribution is -0.141. The van der Waals surface area contributed by atoms with Gasteiger partial charge in [0.25, 0.3) is 0 Å². The molecule has 21 heavy (non-hydrogen) atoms. The minimum atomic E-state index is -4.56. The Kier molecular flexibility index (Phi) is 4.08. The van der Waals surface area contributed by atoms with E-state index in [0.717, 1.165) is 12.1 Å². The maximum Gasteiger partial charge on any atom is 0.433 e. The standard InChI is InChI=1S/C14H11F3N4/c1-9(11-4-2-3-7-19-11)20-13-10(8-18)5-6-12(21-13)14(15,16)17/h2-7,9H,1H3,(H,20,21). The average molecular weight is 292 g/mol. The highest BCUT2D eigenvalue weighted by molar-refractivity contribution is 5.53. The first kappa shape index (κ1) is 14.8. The third-order valence-corrected chi connectivity index (χ3v) is 2.79. The van der Waals surface area contributed by atoms with Crippen molar-refractivity contribution in [3.05, 3.63) is 53.5 Å². The Morgan fingerprint density at radius 3 is 2.57 bits per heavy atom. The minimum absolute atomic E-state index is 0.0470. The van der Waals surface area contributed by atoms with Crippen molar-refractivity contribution in [3.63, 3.8) is 0 Å². The predicted molar refractivity (Wildman–Crippen MR) is 70.2 cm³/mol. The van der Waals surface area contributed by atoms with Crippen molar-refractivity contribution in [3.8, 4) is 6.07 Å². The number of rotatable bonds is 3. The van der Waals surface area contributed by atoms with Crippen molar-refractivity contribution < 1.29 is 13.2 Å². The number of halogens is 3. The monoisotopic (exact) mass is 292 g/mol. The van der Waals surface area contributed by atoms with E-state index in [1.54, 1.807) is 31.3 Å². The van der Waals surface area contributed by atoms with Gasteiger partial charge in [-0.25, -0.2) is 4.98 Å². The van der Waals surface area contributed by atoms with Crippen LogP contribution in [0, 0.1) is 11.3 Å². The average Bonchev–Trinajstić information content (AvgIpc) is 2.47. The largest absolute Gasteiger partial charge is 0.433 e. The number of nitrogens with zero attached hydrogens (tertiary/aromatic N) is 3. The number of nitrogens with one attached hydrogen (secondary N) is 1. The smallest absolute Gasteiger partial charge is 0.361 e. The van der Waals surface area contributed by atoms with Crippen LogP contribution < -0.4 is 5.32 Å². The van der Waals surface area contributed by atoms with Gasteiger partial charge in [0.2, 0.25) is 0 Å². The molecule has 1 unspecified atom stereocenters. The molecule has 0 saturated carbocycles. The van der Waals surface area contributed by atoms with Gasteiger partial charge < -0.3 is 5.32 Å². The Morgan fingerprint density at radius 2 is 2.00 bits per heavy atom. The molecule has 0 saturated heterocycles. The second-order valence-electron chi connectivity index (χ2n) is 4.32. The molecule has 1 atom stereocenters. The second-order valence-corrected chi connectivity index (χ2v) is 4.32. The van der Waals surface area contributed by atoms with Crippen LogP contribution in [-0.2, 0) is 6.18 Å². The summed E-state index contributed by atoms with van der Waals surface area (Å²) in [5, 5.41) is 11.8. The van der Waals surface area contributed by atoms with Gasteiger partial charge in [0.15, 0.2) is 0 Å². The molecule has 2 heterocycles. The molecular weight excluding hydrogens is 281 g/mol. The van der Waals surface area contributed by atoms with E-state index in [4.69, 9.17) is 5.26 Å². The molecule has 0 aromatic carbocycles. The molecule has 0 spiro atoms. The molecule has 0 aliphatic carbocycles. The second kappa shape index (κ2) is 5.79. The Hall–Kier alpha value is -2.62. The normalized spacial score (nSPS) is 12.5. The highest BCUT2D eigenvalue weighted by atomic mass is 19.4. The van der Waals surface area contributed by atoms with E-state index >= 15 is 0 Å². The fourth-order valence-electron chi connectivity index (χ4n) is 1.73. The van der Waals surface area contributed by atoms with Crippen LogP contribution in [0.1, 0.15) is 29.9 Å². The first-order valence-corrected chi connectivity index (χ1v) is 6.07. The predicted octanol–water partition coefficient (Wildman–Crippen LogP) is 3.54. The van der Waals surface area contributed by atoms with Gasteiger partial charge in [-0.3, -0.25) is 4.98 Å². The number of pyridine rings is 2. The molecule has 0 radical (unpaired) electrons. The first-order chi connectivity index (χ1) is 9.91. The van der Waals surface area contributed by atoms with E-state index in [2.05, 4.69) is 15.3 Å². The van der Waals surface area contributed by atoms with Crippen molar-refractivity contribution >= 4 is 5.82 Å². The third-order valence-electron chi connectivity index (χ3n) is 2.79. The molecule has 1 N–H and O–H groups in total. The van der Waals surface area contributed by atoms with E-state index in [1.165, 1.54) is 0 Å². The van der Waals surface area contributed by atoms with Gasteiger partial charge in [-0.05, 0) is 31.2 Å². The summed E-state index contributed by atoms with van der Waals surface area (Å²) in [6.07, 6.45) is -2.98. The summed E-state index contributed by atoms with van der Waals surface area (Å²) in [7, 11) is 0. The van der Waals surface area contributed by atoms with Gasteiger partial charge in [0, 0.05) is 6.20 Å². The topological polar surface area (TPSA) is 61.6 Å². The molecular formula is C14H11F3N4. The van der Waals surface area contributed by atoms with Gasteiger partial charge in [0.1, 0.15) is 17.6 Å². The number of aromatic nitrogens is 2. The summed E-state index contributed by atoms with van der Waals surface area (Å²) >= 11 is 0. The first-order valence-electron chi connectivity index (χ1n) is 6.07. The molecule has 2 aromatic rings. The van der Waals surface area contributed by atoms with E-state index < -0.39 is 11.9 Å². The zero-order chi connectivity index (χ0) is 15.5. The van der Waals surface area contributed by atoms with E-state index in [0.29, 0.717) is 5.69 Å². The van der Waals surface area contributed by atoms with Gasteiger partial charge in [-0.15, -0.1) is 0 Å². The van der Waals surface area contributed by atoms with Crippen molar-refractivity contribution in [2.24, 2.45) is 0 Å². The Balaban J connectivity index is 2.32. The molecule has 2 rings (SSSR count). The molecule has 0 amide bonds. The van der Waals surface area contributed by atoms with Crippen molar-refractivity contribution in [2.75, 3.05) is 5.32 Å². The lowest BCUT2D eigenvalue weighted by Gasteiger charge is -2.16. The summed E-state index contributed by atoms with van der Waals surface area (Å²) in [6, 6.07) is 8.56. The lowest BCUT2D eigenvalue weighted by atomic mass is 10.2. The number of nitriles is 1. The van der Waals surface area contributed by atoms with Crippen LogP contribution in [0.3, 0.4) is 0 Å². The number of hydrogen-bond acceptors (Lipinski definition) is 4. The number of hydrogen-bond donors (Lipinski definition) is 1. The van der Waals surface area contributed by atoms with Gasteiger partial charge >= 0.3 is 6.18 Å². The molecule has 108 valence electrons. The molecule has 7 heteroatoms. The number of anilines is 1. The van der Waals surface area contributed by atoms with Gasteiger partial charge in [0.05, 0.1) is 17.3 Å². The highest BCUT2D eigenvalue weighted by Crippen LogP contribution is 2.30. The quantitative estimate of drug-likeness (QED) is 0.940. The molecule has 0 bridgehead atoms. The van der Waals surface area contributed by atoms with Crippen LogP contribution in [0.4, 0.5) is 19.0 Å². The highest BCUT2D eigenvalue weighted by Gasteiger charge is 2.33. The molecule has 2 aromatic heterocycles. The van der Waals surface area contributed by atoms with E-state index in [-0.39, 0.29) is 17.4 Å². The summed E-state index contributed by atoms with van der Waals surface area (Å²) in [4.78, 5) is 7.60. The maximum absolute atomic E-state index is 12.7. The van der Waals surface area contributed by atoms with Crippen LogP contribution in [0.2, 0.25) is 0 Å². The molecule has 0 aliphatic heterocycles. The Labute approximate surface area is 119 Å². The van der Waals surface area contributed by atoms with Crippen LogP contribution in [0.15, 0.2) is 36.5 Å². The lowest BCUT2D eigenvalue weighted by Crippen LogP contribution is -2.14. The summed E-state index contributed by atoms with van der Waals surface area (Å²) in [6.45, 7) is 1.73. The zero-order valence-electron chi connectivity index (χ0n) is 11.0. The molecule has 0 fully saturated rings. The Bertz CT molecular complexity index is 662. The van der Waals surface area contributed by atoms with Crippen LogP contribution in [0.25, 0.3) is 0 Å². The summed E-state index contributed by atoms with van der Waals surface area (Å²) in [5.74, 6) is -0.106. The van der Waals surface area contributed by atoms with Crippen molar-refractivity contribution in [1.82, 2.24) is 9.97 Å². The van der Waals surface area contributed by atoms with E-state index in [9.17, 15) is 13.2 Å². The van der Waals surface area contributed by atoms with Gasteiger partial charge in [-0.2, -0.15) is 18.4 Å². The zero-order valence-corrected chi connectivity index (χ0v) is 11.0. The van der Waals surface area contributed by atoms with Crippen molar-refractivity contribution in [1.29, 1.82) is 5.26 Å². The molecule has 4 nitrogen and oxygen atoms in total. The third kappa shape index (κ3) is 3.48. The summed E-state index contributed by atoms with van der Waals surface area (Å²) < 4.78 is 38.0. The van der Waals surface area contributed by atoms with E-state index in [1.807, 2.05) is 6.07 Å².